The number of carbonyl (C=O) groups is 3. The number of amides is 2. The van der Waals surface area contributed by atoms with E-state index in [1.54, 1.807) is 17.0 Å². The third-order valence-electron chi connectivity index (χ3n) is 6.28. The molecule has 164 valence electrons. The minimum Gasteiger partial charge on any atom is -0.550 e. The van der Waals surface area contributed by atoms with Gasteiger partial charge < -0.3 is 25.4 Å². The van der Waals surface area contributed by atoms with Gasteiger partial charge in [0.15, 0.2) is 0 Å². The van der Waals surface area contributed by atoms with Crippen molar-refractivity contribution in [2.75, 3.05) is 32.7 Å². The molecule has 0 aliphatic carbocycles. The zero-order valence-electron chi connectivity index (χ0n) is 17.1. The van der Waals surface area contributed by atoms with Crippen molar-refractivity contribution in [3.8, 4) is 0 Å². The average Bonchev–Trinajstić information content (AvgIpc) is 2.77. The molecule has 3 rings (SSSR count). The molecule has 1 aromatic carbocycles. The molecule has 2 fully saturated rings. The number of likely N-dealkylation sites (tertiary alicyclic amines) is 1. The van der Waals surface area contributed by atoms with Gasteiger partial charge >= 0.3 is 0 Å². The lowest BCUT2D eigenvalue weighted by molar-refractivity contribution is -0.664. The lowest BCUT2D eigenvalue weighted by Gasteiger charge is -2.33. The maximum atomic E-state index is 12.9. The molecule has 3 N–H and O–H groups in total. The van der Waals surface area contributed by atoms with E-state index in [9.17, 15) is 19.5 Å². The Labute approximate surface area is 182 Å². The molecular weight excluding hydrogens is 406 g/mol. The van der Waals surface area contributed by atoms with Crippen LogP contribution in [0.15, 0.2) is 24.3 Å². The minimum atomic E-state index is -1.04. The summed E-state index contributed by atoms with van der Waals surface area (Å²) in [6.45, 7) is 3.19. The summed E-state index contributed by atoms with van der Waals surface area (Å²) in [5.41, 5.74) is 0.953. The van der Waals surface area contributed by atoms with E-state index in [1.165, 1.54) is 0 Å². The molecule has 1 atom stereocenters. The van der Waals surface area contributed by atoms with Crippen molar-refractivity contribution < 1.29 is 24.8 Å². The lowest BCUT2D eigenvalue weighted by atomic mass is 9.92. The third-order valence-corrected chi connectivity index (χ3v) is 6.53. The summed E-state index contributed by atoms with van der Waals surface area (Å²) < 4.78 is 0. The molecule has 1 aromatic rings. The van der Waals surface area contributed by atoms with Crippen LogP contribution in [0.2, 0.25) is 5.02 Å². The Morgan fingerprint density at radius 2 is 1.70 bits per heavy atom. The van der Waals surface area contributed by atoms with Gasteiger partial charge in [-0.2, -0.15) is 0 Å². The number of nitrogens with two attached hydrogens (primary N) is 1. The molecular formula is C22H30ClN3O4. The van der Waals surface area contributed by atoms with Crippen LogP contribution in [-0.4, -0.2) is 55.4 Å². The van der Waals surface area contributed by atoms with Gasteiger partial charge in [-0.05, 0) is 30.5 Å². The van der Waals surface area contributed by atoms with E-state index >= 15 is 0 Å². The molecule has 0 unspecified atom stereocenters. The summed E-state index contributed by atoms with van der Waals surface area (Å²) in [5, 5.41) is 16.9. The molecule has 2 heterocycles. The monoisotopic (exact) mass is 435 g/mol. The number of nitrogens with one attached hydrogen (secondary N) is 1. The quantitative estimate of drug-likeness (QED) is 0.623. The topological polar surface area (TPSA) is 106 Å². The SMILES string of the molecule is O=C([O-])C1CCN(C(=O)C[C@@H](CNC(=O)C2CC[NH2+]CC2)c2ccc(Cl)cc2)CC1. The number of carboxylic acid groups (broad SMARTS) is 1. The van der Waals surface area contributed by atoms with Crippen molar-refractivity contribution in [3.63, 3.8) is 0 Å². The number of rotatable bonds is 7. The number of benzene rings is 1. The van der Waals surface area contributed by atoms with Crippen LogP contribution in [-0.2, 0) is 14.4 Å². The highest BCUT2D eigenvalue weighted by molar-refractivity contribution is 6.30. The summed E-state index contributed by atoms with van der Waals surface area (Å²) in [6.07, 6.45) is 2.87. The highest BCUT2D eigenvalue weighted by Gasteiger charge is 2.27. The molecule has 0 spiro atoms. The summed E-state index contributed by atoms with van der Waals surface area (Å²) in [7, 11) is 0. The normalized spacial score (nSPS) is 19.3. The van der Waals surface area contributed by atoms with Crippen LogP contribution in [0.4, 0.5) is 0 Å². The second-order valence-corrected chi connectivity index (χ2v) is 8.75. The number of carbonyl (C=O) groups excluding carboxylic acids is 3. The van der Waals surface area contributed by atoms with Crippen molar-refractivity contribution in [1.29, 1.82) is 0 Å². The molecule has 2 amide bonds. The van der Waals surface area contributed by atoms with Gasteiger partial charge in [-0.25, -0.2) is 0 Å². The van der Waals surface area contributed by atoms with E-state index < -0.39 is 11.9 Å². The number of quaternary nitrogens is 1. The third kappa shape index (κ3) is 6.19. The average molecular weight is 436 g/mol. The van der Waals surface area contributed by atoms with E-state index in [2.05, 4.69) is 10.6 Å². The summed E-state index contributed by atoms with van der Waals surface area (Å²) in [5.74, 6) is -1.59. The van der Waals surface area contributed by atoms with Gasteiger partial charge in [0.2, 0.25) is 11.8 Å². The number of carboxylic acids is 1. The van der Waals surface area contributed by atoms with Gasteiger partial charge in [-0.3, -0.25) is 9.59 Å². The van der Waals surface area contributed by atoms with Gasteiger partial charge in [-0.15, -0.1) is 0 Å². The molecule has 0 aromatic heterocycles. The highest BCUT2D eigenvalue weighted by Crippen LogP contribution is 2.24. The molecule has 8 heteroatoms. The molecule has 30 heavy (non-hydrogen) atoms. The van der Waals surface area contributed by atoms with Crippen LogP contribution in [0.25, 0.3) is 0 Å². The fourth-order valence-corrected chi connectivity index (χ4v) is 4.43. The van der Waals surface area contributed by atoms with Crippen LogP contribution < -0.4 is 15.7 Å². The van der Waals surface area contributed by atoms with Crippen LogP contribution in [0.5, 0.6) is 0 Å². The number of aliphatic carboxylic acids is 1. The summed E-state index contributed by atoms with van der Waals surface area (Å²) >= 11 is 6.01. The second kappa shape index (κ2) is 10.8. The molecule has 0 saturated carbocycles. The fraction of sp³-hybridized carbons (Fsp3) is 0.591. The smallest absolute Gasteiger partial charge is 0.223 e. The molecule has 0 bridgehead atoms. The van der Waals surface area contributed by atoms with Crippen LogP contribution in [0, 0.1) is 11.8 Å². The Bertz CT molecular complexity index is 741. The summed E-state index contributed by atoms with van der Waals surface area (Å²) in [6, 6.07) is 7.37. The number of halogens is 1. The summed E-state index contributed by atoms with van der Waals surface area (Å²) in [4.78, 5) is 38.2. The van der Waals surface area contributed by atoms with Crippen molar-refractivity contribution in [2.45, 2.75) is 38.0 Å². The van der Waals surface area contributed by atoms with Crippen molar-refractivity contribution in [3.05, 3.63) is 34.9 Å². The Kier molecular flexibility index (Phi) is 8.10. The van der Waals surface area contributed by atoms with E-state index in [0.717, 1.165) is 31.5 Å². The second-order valence-electron chi connectivity index (χ2n) is 8.31. The Balaban J connectivity index is 1.61. The molecule has 0 radical (unpaired) electrons. The van der Waals surface area contributed by atoms with Crippen molar-refractivity contribution >= 4 is 29.4 Å². The first-order valence-corrected chi connectivity index (χ1v) is 11.1. The van der Waals surface area contributed by atoms with Crippen molar-refractivity contribution in [2.24, 2.45) is 11.8 Å². The van der Waals surface area contributed by atoms with Crippen LogP contribution >= 0.6 is 11.6 Å². The maximum Gasteiger partial charge on any atom is 0.223 e. The van der Waals surface area contributed by atoms with Gasteiger partial charge in [0.1, 0.15) is 0 Å². The predicted octanol–water partition coefficient (Wildman–Crippen LogP) is -0.108. The highest BCUT2D eigenvalue weighted by atomic mass is 35.5. The molecule has 7 nitrogen and oxygen atoms in total. The van der Waals surface area contributed by atoms with Gasteiger partial charge in [0.25, 0.3) is 0 Å². The lowest BCUT2D eigenvalue weighted by Crippen LogP contribution is -2.86. The van der Waals surface area contributed by atoms with Gasteiger partial charge in [0.05, 0.1) is 13.1 Å². The van der Waals surface area contributed by atoms with Gasteiger partial charge in [-0.1, -0.05) is 23.7 Å². The van der Waals surface area contributed by atoms with E-state index in [-0.39, 0.29) is 30.1 Å². The largest absolute Gasteiger partial charge is 0.550 e. The number of piperidine rings is 2. The zero-order valence-corrected chi connectivity index (χ0v) is 17.9. The molecule has 2 saturated heterocycles. The predicted molar refractivity (Wildman–Crippen MR) is 111 cm³/mol. The van der Waals surface area contributed by atoms with Crippen LogP contribution in [0.1, 0.15) is 43.6 Å². The van der Waals surface area contributed by atoms with E-state index in [4.69, 9.17) is 11.6 Å². The van der Waals surface area contributed by atoms with E-state index in [0.29, 0.717) is 37.5 Å². The Morgan fingerprint density at radius 3 is 2.30 bits per heavy atom. The first-order valence-electron chi connectivity index (χ1n) is 10.8. The fourth-order valence-electron chi connectivity index (χ4n) is 4.30. The number of nitrogens with zero attached hydrogens (tertiary/aromatic N) is 1. The first kappa shape index (κ1) is 22.6. The minimum absolute atomic E-state index is 0.0201. The first-order chi connectivity index (χ1) is 14.4. The van der Waals surface area contributed by atoms with Crippen LogP contribution in [0.3, 0.4) is 0 Å². The maximum absolute atomic E-state index is 12.9. The Morgan fingerprint density at radius 1 is 1.07 bits per heavy atom. The van der Waals surface area contributed by atoms with E-state index in [1.807, 2.05) is 12.1 Å². The number of hydrogen-bond donors (Lipinski definition) is 2. The van der Waals surface area contributed by atoms with Gasteiger partial charge in [0, 0.05) is 67.6 Å². The zero-order chi connectivity index (χ0) is 21.5. The number of hydrogen-bond acceptors (Lipinski definition) is 4. The van der Waals surface area contributed by atoms with Crippen molar-refractivity contribution in [1.82, 2.24) is 10.2 Å². The molecule has 2 aliphatic heterocycles. The molecule has 2 aliphatic rings. The standard InChI is InChI=1S/C22H30ClN3O4/c23-19-3-1-15(2-4-19)18(14-25-21(28)16-5-9-24-10-6-16)13-20(27)26-11-7-17(8-12-26)22(29)30/h1-4,16-18,24H,5-14H2,(H,25,28)(H,29,30)/t18-/m0/s1. The Hall–Kier alpha value is -2.12.